The van der Waals surface area contributed by atoms with E-state index in [2.05, 4.69) is 5.32 Å². The largest absolute Gasteiger partial charge is 0.482 e. The SMILES string of the molecule is Cc1cc(C)c(OCC(=O)Nc2ccccc2F)c(Cl)c1. The Balaban J connectivity index is 2.01. The maximum Gasteiger partial charge on any atom is 0.262 e. The number of aryl methyl sites for hydroxylation is 2. The Kier molecular flexibility index (Phi) is 4.81. The highest BCUT2D eigenvalue weighted by molar-refractivity contribution is 6.32. The van der Waals surface area contributed by atoms with Gasteiger partial charge in [0.25, 0.3) is 5.91 Å². The van der Waals surface area contributed by atoms with E-state index in [1.165, 1.54) is 12.1 Å². The van der Waals surface area contributed by atoms with Gasteiger partial charge in [0.05, 0.1) is 10.7 Å². The lowest BCUT2D eigenvalue weighted by molar-refractivity contribution is -0.118. The maximum absolute atomic E-state index is 13.4. The van der Waals surface area contributed by atoms with Gasteiger partial charge in [-0.2, -0.15) is 0 Å². The Morgan fingerprint density at radius 2 is 2.00 bits per heavy atom. The van der Waals surface area contributed by atoms with E-state index in [1.54, 1.807) is 18.2 Å². The summed E-state index contributed by atoms with van der Waals surface area (Å²) in [5.74, 6) is -0.475. The van der Waals surface area contributed by atoms with Crippen molar-refractivity contribution in [3.8, 4) is 5.75 Å². The molecule has 0 heterocycles. The zero-order chi connectivity index (χ0) is 15.4. The second-order valence-electron chi connectivity index (χ2n) is 4.71. The van der Waals surface area contributed by atoms with Crippen LogP contribution >= 0.6 is 11.6 Å². The van der Waals surface area contributed by atoms with E-state index in [0.29, 0.717) is 10.8 Å². The summed E-state index contributed by atoms with van der Waals surface area (Å²) < 4.78 is 18.8. The van der Waals surface area contributed by atoms with Crippen molar-refractivity contribution in [1.29, 1.82) is 0 Å². The minimum atomic E-state index is -0.490. The fourth-order valence-electron chi connectivity index (χ4n) is 1.97. The van der Waals surface area contributed by atoms with Crippen LogP contribution in [0.5, 0.6) is 5.75 Å². The Bertz CT molecular complexity index is 650. The number of carbonyl (C=O) groups is 1. The summed E-state index contributed by atoms with van der Waals surface area (Å²) in [4.78, 5) is 11.8. The predicted octanol–water partition coefficient (Wildman–Crippen LogP) is 4.11. The molecule has 1 N–H and O–H groups in total. The number of anilines is 1. The van der Waals surface area contributed by atoms with Crippen molar-refractivity contribution < 1.29 is 13.9 Å². The molecule has 5 heteroatoms. The normalized spacial score (nSPS) is 10.3. The number of carbonyl (C=O) groups excluding carboxylic acids is 1. The van der Waals surface area contributed by atoms with Crippen LogP contribution in [0.3, 0.4) is 0 Å². The molecule has 0 spiro atoms. The molecule has 0 aliphatic rings. The summed E-state index contributed by atoms with van der Waals surface area (Å²) in [5.41, 5.74) is 1.98. The highest BCUT2D eigenvalue weighted by atomic mass is 35.5. The zero-order valence-corrected chi connectivity index (χ0v) is 12.5. The number of rotatable bonds is 4. The molecule has 0 atom stereocenters. The van der Waals surface area contributed by atoms with Crippen LogP contribution in [-0.2, 0) is 4.79 Å². The topological polar surface area (TPSA) is 38.3 Å². The lowest BCUT2D eigenvalue weighted by Crippen LogP contribution is -2.21. The third-order valence-electron chi connectivity index (χ3n) is 2.87. The molecule has 0 unspecified atom stereocenters. The van der Waals surface area contributed by atoms with Gasteiger partial charge in [-0.3, -0.25) is 4.79 Å². The molecular weight excluding hydrogens is 293 g/mol. The van der Waals surface area contributed by atoms with E-state index in [4.69, 9.17) is 16.3 Å². The van der Waals surface area contributed by atoms with Gasteiger partial charge in [-0.05, 0) is 43.2 Å². The van der Waals surface area contributed by atoms with Gasteiger partial charge in [0, 0.05) is 0 Å². The van der Waals surface area contributed by atoms with Crippen LogP contribution in [0.15, 0.2) is 36.4 Å². The number of hydrogen-bond donors (Lipinski definition) is 1. The lowest BCUT2D eigenvalue weighted by atomic mass is 10.1. The smallest absolute Gasteiger partial charge is 0.262 e. The first-order chi connectivity index (χ1) is 9.97. The first-order valence-electron chi connectivity index (χ1n) is 6.41. The molecule has 0 aromatic heterocycles. The third kappa shape index (κ3) is 3.95. The average Bonchev–Trinajstić information content (AvgIpc) is 2.40. The number of ether oxygens (including phenoxy) is 1. The van der Waals surface area contributed by atoms with Crippen LogP contribution in [0, 0.1) is 19.7 Å². The first-order valence-corrected chi connectivity index (χ1v) is 6.79. The quantitative estimate of drug-likeness (QED) is 0.923. The van der Waals surface area contributed by atoms with Crippen molar-refractivity contribution in [1.82, 2.24) is 0 Å². The van der Waals surface area contributed by atoms with E-state index in [1.807, 2.05) is 19.9 Å². The summed E-state index contributed by atoms with van der Waals surface area (Å²) in [7, 11) is 0. The van der Waals surface area contributed by atoms with Gasteiger partial charge >= 0.3 is 0 Å². The van der Waals surface area contributed by atoms with Gasteiger partial charge in [-0.1, -0.05) is 29.8 Å². The molecule has 0 bridgehead atoms. The summed E-state index contributed by atoms with van der Waals surface area (Å²) in [6, 6.07) is 9.63. The molecule has 2 rings (SSSR count). The van der Waals surface area contributed by atoms with Crippen LogP contribution in [0.1, 0.15) is 11.1 Å². The Morgan fingerprint density at radius 1 is 1.29 bits per heavy atom. The molecule has 21 heavy (non-hydrogen) atoms. The number of halogens is 2. The van der Waals surface area contributed by atoms with Gasteiger partial charge in [-0.25, -0.2) is 4.39 Å². The number of hydrogen-bond acceptors (Lipinski definition) is 2. The molecule has 3 nitrogen and oxygen atoms in total. The second kappa shape index (κ2) is 6.59. The van der Waals surface area contributed by atoms with Crippen molar-refractivity contribution in [2.24, 2.45) is 0 Å². The highest BCUT2D eigenvalue weighted by Crippen LogP contribution is 2.29. The average molecular weight is 308 g/mol. The molecule has 0 saturated carbocycles. The second-order valence-corrected chi connectivity index (χ2v) is 5.12. The fraction of sp³-hybridized carbons (Fsp3) is 0.188. The van der Waals surface area contributed by atoms with E-state index in [9.17, 15) is 9.18 Å². The predicted molar refractivity (Wildman–Crippen MR) is 81.5 cm³/mol. The van der Waals surface area contributed by atoms with Crippen LogP contribution in [0.2, 0.25) is 5.02 Å². The Morgan fingerprint density at radius 3 is 2.67 bits per heavy atom. The van der Waals surface area contributed by atoms with Crippen LogP contribution in [-0.4, -0.2) is 12.5 Å². The van der Waals surface area contributed by atoms with E-state index in [-0.39, 0.29) is 12.3 Å². The minimum absolute atomic E-state index is 0.123. The van der Waals surface area contributed by atoms with Crippen molar-refractivity contribution in [2.45, 2.75) is 13.8 Å². The maximum atomic E-state index is 13.4. The summed E-state index contributed by atoms with van der Waals surface area (Å²) in [6.07, 6.45) is 0. The Hall–Kier alpha value is -2.07. The number of amides is 1. The fourth-order valence-corrected chi connectivity index (χ4v) is 2.35. The van der Waals surface area contributed by atoms with Gasteiger partial charge in [0.1, 0.15) is 11.6 Å². The van der Waals surface area contributed by atoms with Crippen LogP contribution in [0.25, 0.3) is 0 Å². The standard InChI is InChI=1S/C16H15ClFNO2/c1-10-7-11(2)16(12(17)8-10)21-9-15(20)19-14-6-4-3-5-13(14)18/h3-8H,9H2,1-2H3,(H,19,20). The molecule has 0 aliphatic heterocycles. The van der Waals surface area contributed by atoms with Gasteiger partial charge in [-0.15, -0.1) is 0 Å². The summed E-state index contributed by atoms with van der Waals surface area (Å²) in [5, 5.41) is 2.90. The monoisotopic (exact) mass is 307 g/mol. The van der Waals surface area contributed by atoms with Crippen molar-refractivity contribution in [2.75, 3.05) is 11.9 Å². The molecule has 0 fully saturated rings. The molecule has 0 aliphatic carbocycles. The highest BCUT2D eigenvalue weighted by Gasteiger charge is 2.11. The van der Waals surface area contributed by atoms with E-state index >= 15 is 0 Å². The number of para-hydroxylation sites is 1. The molecular formula is C16H15ClFNO2. The molecule has 110 valence electrons. The summed E-state index contributed by atoms with van der Waals surface area (Å²) >= 11 is 6.09. The lowest BCUT2D eigenvalue weighted by Gasteiger charge is -2.12. The van der Waals surface area contributed by atoms with Gasteiger partial charge in [0.15, 0.2) is 6.61 Å². The number of nitrogens with one attached hydrogen (secondary N) is 1. The van der Waals surface area contributed by atoms with Gasteiger partial charge in [0.2, 0.25) is 0 Å². The molecule has 2 aromatic rings. The Labute approximate surface area is 127 Å². The first kappa shape index (κ1) is 15.3. The summed E-state index contributed by atoms with van der Waals surface area (Å²) in [6.45, 7) is 3.54. The van der Waals surface area contributed by atoms with Crippen molar-refractivity contribution in [3.05, 3.63) is 58.4 Å². The van der Waals surface area contributed by atoms with Crippen LogP contribution < -0.4 is 10.1 Å². The third-order valence-corrected chi connectivity index (χ3v) is 3.15. The molecule has 0 saturated heterocycles. The van der Waals surface area contributed by atoms with Crippen molar-refractivity contribution in [3.63, 3.8) is 0 Å². The van der Waals surface area contributed by atoms with Gasteiger partial charge < -0.3 is 10.1 Å². The van der Waals surface area contributed by atoms with E-state index < -0.39 is 11.7 Å². The molecule has 2 aromatic carbocycles. The van der Waals surface area contributed by atoms with E-state index in [0.717, 1.165) is 11.1 Å². The molecule has 0 radical (unpaired) electrons. The van der Waals surface area contributed by atoms with Crippen LogP contribution in [0.4, 0.5) is 10.1 Å². The molecule has 1 amide bonds. The number of benzene rings is 2. The van der Waals surface area contributed by atoms with Crippen molar-refractivity contribution >= 4 is 23.2 Å². The minimum Gasteiger partial charge on any atom is -0.482 e. The zero-order valence-electron chi connectivity index (χ0n) is 11.7.